The molecule has 0 unspecified atom stereocenters. The van der Waals surface area contributed by atoms with Crippen molar-refractivity contribution in [3.63, 3.8) is 0 Å². The molecule has 0 aromatic heterocycles. The van der Waals surface area contributed by atoms with Crippen LogP contribution in [0.3, 0.4) is 0 Å². The van der Waals surface area contributed by atoms with Gasteiger partial charge in [-0.2, -0.15) is 0 Å². The van der Waals surface area contributed by atoms with Crippen molar-refractivity contribution in [2.45, 2.75) is 90.4 Å². The fourth-order valence-electron chi connectivity index (χ4n) is 4.63. The summed E-state index contributed by atoms with van der Waals surface area (Å²) in [6.45, 7) is 4.36. The van der Waals surface area contributed by atoms with E-state index < -0.39 is 0 Å². The summed E-state index contributed by atoms with van der Waals surface area (Å²) in [5.41, 5.74) is 4.70. The van der Waals surface area contributed by atoms with Crippen LogP contribution in [0.4, 0.5) is 0 Å². The van der Waals surface area contributed by atoms with Crippen LogP contribution in [-0.4, -0.2) is 0 Å². The highest BCUT2D eigenvalue weighted by atomic mass is 14.3. The molecule has 2 aromatic carbocycles. The molecule has 0 spiro atoms. The van der Waals surface area contributed by atoms with Gasteiger partial charge in [0.1, 0.15) is 0 Å². The molecule has 31 heavy (non-hydrogen) atoms. The first-order valence-corrected chi connectivity index (χ1v) is 12.5. The van der Waals surface area contributed by atoms with Crippen LogP contribution in [0.2, 0.25) is 0 Å². The minimum absolute atomic E-state index is 0.745. The van der Waals surface area contributed by atoms with E-state index >= 15 is 0 Å². The highest BCUT2D eigenvalue weighted by molar-refractivity contribution is 5.46. The Hall–Kier alpha value is -2.44. The smallest absolute Gasteiger partial charge is 0.0249 e. The number of hydrogen-bond donors (Lipinski definition) is 0. The summed E-state index contributed by atoms with van der Waals surface area (Å²) in [5, 5.41) is 0. The molecule has 1 fully saturated rings. The molecule has 0 amide bonds. The monoisotopic (exact) mass is 410 g/mol. The maximum absolute atomic E-state index is 3.31. The molecule has 162 valence electrons. The van der Waals surface area contributed by atoms with Gasteiger partial charge in [0, 0.05) is 23.1 Å². The van der Waals surface area contributed by atoms with Crippen LogP contribution in [0.5, 0.6) is 0 Å². The van der Waals surface area contributed by atoms with Gasteiger partial charge >= 0.3 is 0 Å². The third-order valence-electron chi connectivity index (χ3n) is 6.59. The van der Waals surface area contributed by atoms with Gasteiger partial charge in [-0.25, -0.2) is 0 Å². The van der Waals surface area contributed by atoms with Gasteiger partial charge < -0.3 is 0 Å². The van der Waals surface area contributed by atoms with Gasteiger partial charge in [-0.3, -0.25) is 0 Å². The standard InChI is InChI=1S/C31H38/c1-3-5-7-8-9-11-27-18-22-30(23-19-27)31-24-20-29(21-25-31)17-16-28-14-12-26(13-15-28)10-6-4-2/h12-15,20-21,24-25,27,30H,3-5,7-9,11,18-19,22-23H2,1-2H3. The zero-order valence-corrected chi connectivity index (χ0v) is 19.6. The highest BCUT2D eigenvalue weighted by Crippen LogP contribution is 2.37. The Morgan fingerprint density at radius 1 is 0.645 bits per heavy atom. The van der Waals surface area contributed by atoms with Gasteiger partial charge in [-0.1, -0.05) is 88.2 Å². The Balaban J connectivity index is 1.46. The zero-order chi connectivity index (χ0) is 21.7. The largest absolute Gasteiger partial charge is 0.0982 e. The van der Waals surface area contributed by atoms with E-state index in [0.717, 1.165) is 34.9 Å². The van der Waals surface area contributed by atoms with Gasteiger partial charge in [0.15, 0.2) is 0 Å². The lowest BCUT2D eigenvalue weighted by Gasteiger charge is -2.29. The van der Waals surface area contributed by atoms with E-state index in [1.807, 2.05) is 0 Å². The van der Waals surface area contributed by atoms with E-state index in [9.17, 15) is 0 Å². The summed E-state index contributed by atoms with van der Waals surface area (Å²) in [6.07, 6.45) is 15.0. The second-order valence-electron chi connectivity index (χ2n) is 9.03. The SMILES string of the molecule is CCC#Cc1ccc(C#Cc2ccc(C3CCC(CCCCCCC)CC3)cc2)cc1. The van der Waals surface area contributed by atoms with E-state index in [0.29, 0.717) is 0 Å². The summed E-state index contributed by atoms with van der Waals surface area (Å²) in [5.74, 6) is 14.6. The molecule has 0 N–H and O–H groups in total. The van der Waals surface area contributed by atoms with Crippen LogP contribution in [-0.2, 0) is 0 Å². The molecule has 3 rings (SSSR count). The fourth-order valence-corrected chi connectivity index (χ4v) is 4.63. The molecule has 0 heteroatoms. The zero-order valence-electron chi connectivity index (χ0n) is 19.6. The molecule has 0 bridgehead atoms. The molecular formula is C31H38. The van der Waals surface area contributed by atoms with Crippen molar-refractivity contribution in [1.82, 2.24) is 0 Å². The Morgan fingerprint density at radius 2 is 1.19 bits per heavy atom. The lowest BCUT2D eigenvalue weighted by Crippen LogP contribution is -2.13. The molecular weight excluding hydrogens is 372 g/mol. The number of hydrogen-bond acceptors (Lipinski definition) is 0. The molecule has 0 radical (unpaired) electrons. The Bertz CT molecular complexity index is 885. The molecule has 1 aliphatic carbocycles. The third kappa shape index (κ3) is 7.96. The third-order valence-corrected chi connectivity index (χ3v) is 6.59. The van der Waals surface area contributed by atoms with Crippen LogP contribution in [0.15, 0.2) is 48.5 Å². The van der Waals surface area contributed by atoms with Crippen LogP contribution in [0.1, 0.15) is 113 Å². The van der Waals surface area contributed by atoms with Crippen molar-refractivity contribution in [1.29, 1.82) is 0 Å². The van der Waals surface area contributed by atoms with E-state index in [2.05, 4.69) is 86.1 Å². The van der Waals surface area contributed by atoms with Crippen molar-refractivity contribution in [2.24, 2.45) is 5.92 Å². The molecule has 1 aliphatic rings. The van der Waals surface area contributed by atoms with E-state index in [1.54, 1.807) is 0 Å². The summed E-state index contributed by atoms with van der Waals surface area (Å²) < 4.78 is 0. The molecule has 0 saturated heterocycles. The molecule has 0 atom stereocenters. The highest BCUT2D eigenvalue weighted by Gasteiger charge is 2.21. The van der Waals surface area contributed by atoms with Gasteiger partial charge in [0.25, 0.3) is 0 Å². The topological polar surface area (TPSA) is 0 Å². The van der Waals surface area contributed by atoms with Gasteiger partial charge in [-0.15, -0.1) is 0 Å². The maximum atomic E-state index is 3.31. The lowest BCUT2D eigenvalue weighted by atomic mass is 9.77. The Morgan fingerprint density at radius 3 is 1.77 bits per heavy atom. The lowest BCUT2D eigenvalue weighted by molar-refractivity contribution is 0.302. The van der Waals surface area contributed by atoms with Crippen LogP contribution in [0.25, 0.3) is 0 Å². The second kappa shape index (κ2) is 13.1. The van der Waals surface area contributed by atoms with Crippen LogP contribution in [0, 0.1) is 29.6 Å². The summed E-state index contributed by atoms with van der Waals surface area (Å²) in [4.78, 5) is 0. The van der Waals surface area contributed by atoms with Gasteiger partial charge in [0.2, 0.25) is 0 Å². The predicted molar refractivity (Wildman–Crippen MR) is 134 cm³/mol. The van der Waals surface area contributed by atoms with Crippen LogP contribution >= 0.6 is 0 Å². The fraction of sp³-hybridized carbons (Fsp3) is 0.484. The first kappa shape index (κ1) is 23.2. The van der Waals surface area contributed by atoms with Crippen molar-refractivity contribution >= 4 is 0 Å². The second-order valence-corrected chi connectivity index (χ2v) is 9.03. The van der Waals surface area contributed by atoms with Gasteiger partial charge in [0.05, 0.1) is 0 Å². The van der Waals surface area contributed by atoms with Crippen LogP contribution < -0.4 is 0 Å². The average molecular weight is 411 g/mol. The molecule has 1 saturated carbocycles. The quantitative estimate of drug-likeness (QED) is 0.317. The molecule has 0 aliphatic heterocycles. The van der Waals surface area contributed by atoms with Crippen molar-refractivity contribution in [3.05, 3.63) is 70.8 Å². The van der Waals surface area contributed by atoms with Crippen molar-refractivity contribution < 1.29 is 0 Å². The van der Waals surface area contributed by atoms with E-state index in [-0.39, 0.29) is 0 Å². The summed E-state index contributed by atoms with van der Waals surface area (Å²) in [6, 6.07) is 17.2. The predicted octanol–water partition coefficient (Wildman–Crippen LogP) is 8.48. The van der Waals surface area contributed by atoms with E-state index in [1.165, 1.54) is 69.8 Å². The maximum Gasteiger partial charge on any atom is 0.0249 e. The first-order valence-electron chi connectivity index (χ1n) is 12.5. The van der Waals surface area contributed by atoms with E-state index in [4.69, 9.17) is 0 Å². The Labute approximate surface area is 190 Å². The molecule has 0 heterocycles. The normalized spacial score (nSPS) is 17.9. The summed E-state index contributed by atoms with van der Waals surface area (Å²) in [7, 11) is 0. The summed E-state index contributed by atoms with van der Waals surface area (Å²) >= 11 is 0. The number of benzene rings is 2. The van der Waals surface area contributed by atoms with Crippen molar-refractivity contribution in [2.75, 3.05) is 0 Å². The number of unbranched alkanes of at least 4 members (excludes halogenated alkanes) is 4. The minimum atomic E-state index is 0.745. The molecule has 0 nitrogen and oxygen atoms in total. The number of rotatable bonds is 7. The first-order chi connectivity index (χ1) is 15.3. The molecule has 2 aromatic rings. The van der Waals surface area contributed by atoms with Gasteiger partial charge in [-0.05, 0) is 79.5 Å². The minimum Gasteiger partial charge on any atom is -0.0982 e. The average Bonchev–Trinajstić information content (AvgIpc) is 2.83. The van der Waals surface area contributed by atoms with Crippen molar-refractivity contribution in [3.8, 4) is 23.7 Å². The Kier molecular flexibility index (Phi) is 9.80.